The molecule has 1 aromatic heterocycles. The lowest BCUT2D eigenvalue weighted by atomic mass is 9.96. The van der Waals surface area contributed by atoms with Crippen molar-refractivity contribution in [3.05, 3.63) is 83.6 Å². The zero-order chi connectivity index (χ0) is 29.2. The van der Waals surface area contributed by atoms with E-state index >= 15 is 0 Å². The minimum absolute atomic E-state index is 0.132. The smallest absolute Gasteiger partial charge is 0.321 e. The molecule has 0 saturated carbocycles. The van der Waals surface area contributed by atoms with Crippen LogP contribution in [0.5, 0.6) is 0 Å². The fourth-order valence-electron chi connectivity index (χ4n) is 4.63. The van der Waals surface area contributed by atoms with E-state index in [9.17, 15) is 27.9 Å². The average Bonchev–Trinajstić information content (AvgIpc) is 3.25. The first kappa shape index (κ1) is 28.8. The van der Waals surface area contributed by atoms with Crippen molar-refractivity contribution in [2.24, 2.45) is 5.92 Å². The first-order chi connectivity index (χ1) is 18.8. The molecule has 11 heteroatoms. The van der Waals surface area contributed by atoms with E-state index in [4.69, 9.17) is 4.42 Å². The van der Waals surface area contributed by atoms with Gasteiger partial charge in [0.1, 0.15) is 11.6 Å². The summed E-state index contributed by atoms with van der Waals surface area (Å²) < 4.78 is 35.7. The van der Waals surface area contributed by atoms with Crippen LogP contribution in [0.4, 0.5) is 5.69 Å². The summed E-state index contributed by atoms with van der Waals surface area (Å²) in [6.07, 6.45) is 4.45. The molecular formula is C29H31N3O7S. The number of aliphatic carboxylic acids is 1. The van der Waals surface area contributed by atoms with E-state index in [0.29, 0.717) is 22.2 Å². The van der Waals surface area contributed by atoms with Gasteiger partial charge in [0, 0.05) is 24.3 Å². The minimum Gasteiger partial charge on any atom is -0.480 e. The zero-order valence-electron chi connectivity index (χ0n) is 22.5. The third-order valence-electron chi connectivity index (χ3n) is 6.75. The Morgan fingerprint density at radius 2 is 1.75 bits per heavy atom. The number of hydrogen-bond donors (Lipinski definition) is 4. The highest BCUT2D eigenvalue weighted by Crippen LogP contribution is 2.34. The highest BCUT2D eigenvalue weighted by atomic mass is 32.2. The number of carbonyl (C=O) groups excluding carboxylic acids is 2. The molecule has 0 spiro atoms. The van der Waals surface area contributed by atoms with Crippen LogP contribution in [0.2, 0.25) is 0 Å². The van der Waals surface area contributed by atoms with Gasteiger partial charge in [0.15, 0.2) is 10.6 Å². The summed E-state index contributed by atoms with van der Waals surface area (Å²) >= 11 is 0. The number of allylic oxidation sites excluding steroid dienone is 2. The molecule has 0 fully saturated rings. The quantitative estimate of drug-likeness (QED) is 0.303. The van der Waals surface area contributed by atoms with Crippen LogP contribution in [0.3, 0.4) is 0 Å². The standard InChI is InChI=1S/C29H31N3O7S/c1-17(2)25(28(35)36)32-40(37,38)29(15-13-21(14-16-29)20-9-6-5-7-10-20)31-27(34)26-18(3)24-22(30-19(4)33)11-8-12-23(24)39-26/h5-15,17,25,32H,16H2,1-4H3,(H,30,33)(H,31,34)(H,35,36)/t25-,29?/m0/s1. The molecule has 0 bridgehead atoms. The van der Waals surface area contributed by atoms with Crippen molar-refractivity contribution in [2.75, 3.05) is 5.32 Å². The number of carboxylic acid groups (broad SMARTS) is 1. The van der Waals surface area contributed by atoms with Crippen molar-refractivity contribution in [1.29, 1.82) is 0 Å². The van der Waals surface area contributed by atoms with Gasteiger partial charge in [-0.25, -0.2) is 8.42 Å². The van der Waals surface area contributed by atoms with Crippen LogP contribution in [0.25, 0.3) is 16.5 Å². The molecule has 3 aromatic rings. The summed E-state index contributed by atoms with van der Waals surface area (Å²) in [5.74, 6) is -3.15. The third kappa shape index (κ3) is 5.56. The van der Waals surface area contributed by atoms with Gasteiger partial charge in [-0.1, -0.05) is 62.4 Å². The molecule has 1 aliphatic carbocycles. The maximum atomic E-state index is 13.8. The van der Waals surface area contributed by atoms with E-state index in [1.165, 1.54) is 13.0 Å². The Morgan fingerprint density at radius 3 is 2.33 bits per heavy atom. The summed E-state index contributed by atoms with van der Waals surface area (Å²) in [7, 11) is -4.50. The molecule has 40 heavy (non-hydrogen) atoms. The lowest BCUT2D eigenvalue weighted by Crippen LogP contribution is -2.60. The number of carbonyl (C=O) groups is 3. The van der Waals surface area contributed by atoms with Gasteiger partial charge < -0.3 is 20.2 Å². The first-order valence-corrected chi connectivity index (χ1v) is 14.2. The predicted octanol–water partition coefficient (Wildman–Crippen LogP) is 4.20. The van der Waals surface area contributed by atoms with E-state index < -0.39 is 38.7 Å². The van der Waals surface area contributed by atoms with E-state index in [2.05, 4.69) is 15.4 Å². The molecule has 4 rings (SSSR count). The normalized spacial score (nSPS) is 17.9. The first-order valence-electron chi connectivity index (χ1n) is 12.7. The second-order valence-electron chi connectivity index (χ2n) is 10.0. The van der Waals surface area contributed by atoms with Gasteiger partial charge in [-0.05, 0) is 42.2 Å². The van der Waals surface area contributed by atoms with Crippen LogP contribution in [0, 0.1) is 12.8 Å². The summed E-state index contributed by atoms with van der Waals surface area (Å²) in [4.78, 5) is 35.2. The van der Waals surface area contributed by atoms with Gasteiger partial charge in [-0.3, -0.25) is 14.4 Å². The van der Waals surface area contributed by atoms with Crippen molar-refractivity contribution in [1.82, 2.24) is 10.0 Å². The number of carboxylic acids is 1. The van der Waals surface area contributed by atoms with E-state index in [-0.39, 0.29) is 18.1 Å². The Kier molecular flexibility index (Phi) is 7.99. The average molecular weight is 566 g/mol. The number of nitrogens with one attached hydrogen (secondary N) is 3. The monoisotopic (exact) mass is 565 g/mol. The van der Waals surface area contributed by atoms with E-state index in [1.54, 1.807) is 51.1 Å². The van der Waals surface area contributed by atoms with Gasteiger partial charge in [-0.2, -0.15) is 4.72 Å². The number of rotatable bonds is 9. The molecule has 4 N–H and O–H groups in total. The summed E-state index contributed by atoms with van der Waals surface area (Å²) in [5.41, 5.74) is 2.79. The Balaban J connectivity index is 1.76. The molecule has 2 atom stereocenters. The number of benzene rings is 2. The highest BCUT2D eigenvalue weighted by Gasteiger charge is 2.46. The molecule has 0 radical (unpaired) electrons. The molecule has 1 unspecified atom stereocenters. The fourth-order valence-corrected chi connectivity index (χ4v) is 6.33. The van der Waals surface area contributed by atoms with Crippen molar-refractivity contribution in [3.8, 4) is 0 Å². The van der Waals surface area contributed by atoms with Crippen LogP contribution in [-0.2, 0) is 19.6 Å². The number of anilines is 1. The number of sulfonamides is 1. The second-order valence-corrected chi connectivity index (χ2v) is 12.0. The van der Waals surface area contributed by atoms with Crippen molar-refractivity contribution in [3.63, 3.8) is 0 Å². The molecule has 1 aliphatic rings. The largest absolute Gasteiger partial charge is 0.480 e. The van der Waals surface area contributed by atoms with Gasteiger partial charge >= 0.3 is 5.97 Å². The zero-order valence-corrected chi connectivity index (χ0v) is 23.3. The highest BCUT2D eigenvalue weighted by molar-refractivity contribution is 7.91. The van der Waals surface area contributed by atoms with Crippen LogP contribution < -0.4 is 15.4 Å². The van der Waals surface area contributed by atoms with Crippen LogP contribution in [-0.4, -0.2) is 42.2 Å². The van der Waals surface area contributed by atoms with Gasteiger partial charge in [0.05, 0.1) is 5.69 Å². The maximum absolute atomic E-state index is 13.8. The SMILES string of the molecule is CC(=O)Nc1cccc2oc(C(=O)NC3(S(=O)(=O)N[C@H](C(=O)O)C(C)C)C=CC(c4ccccc4)=CC3)c(C)c12. The van der Waals surface area contributed by atoms with Crippen LogP contribution in [0.15, 0.2) is 71.2 Å². The van der Waals surface area contributed by atoms with E-state index in [1.807, 2.05) is 30.3 Å². The molecule has 210 valence electrons. The number of aryl methyl sites for hydroxylation is 1. The molecule has 2 amide bonds. The summed E-state index contributed by atoms with van der Waals surface area (Å²) in [6, 6.07) is 12.9. The van der Waals surface area contributed by atoms with Gasteiger partial charge in [-0.15, -0.1) is 0 Å². The number of fused-ring (bicyclic) bond motifs is 1. The molecule has 2 aromatic carbocycles. The van der Waals surface area contributed by atoms with Crippen LogP contribution >= 0.6 is 0 Å². The molecule has 0 aliphatic heterocycles. The summed E-state index contributed by atoms with van der Waals surface area (Å²) in [5, 5.41) is 15.5. The number of furan rings is 1. The fraction of sp³-hybridized carbons (Fsp3) is 0.276. The molecule has 1 heterocycles. The molecule has 0 saturated heterocycles. The second kappa shape index (κ2) is 11.1. The molecular weight excluding hydrogens is 534 g/mol. The van der Waals surface area contributed by atoms with Crippen LogP contribution in [0.1, 0.15) is 48.9 Å². The third-order valence-corrected chi connectivity index (χ3v) is 8.68. The Bertz CT molecular complexity index is 1640. The maximum Gasteiger partial charge on any atom is 0.321 e. The van der Waals surface area contributed by atoms with Crippen molar-refractivity contribution in [2.45, 2.75) is 45.0 Å². The van der Waals surface area contributed by atoms with Crippen molar-refractivity contribution >= 4 is 50.0 Å². The number of hydrogen-bond acceptors (Lipinski definition) is 6. The Labute approximate surface area is 232 Å². The molecule has 10 nitrogen and oxygen atoms in total. The lowest BCUT2D eigenvalue weighted by molar-refractivity contribution is -0.140. The van der Waals surface area contributed by atoms with Gasteiger partial charge in [0.2, 0.25) is 15.9 Å². The van der Waals surface area contributed by atoms with Gasteiger partial charge in [0.25, 0.3) is 5.91 Å². The Morgan fingerprint density at radius 1 is 1.05 bits per heavy atom. The topological polar surface area (TPSA) is 155 Å². The summed E-state index contributed by atoms with van der Waals surface area (Å²) in [6.45, 7) is 6.16. The van der Waals surface area contributed by atoms with Crippen molar-refractivity contribution < 1.29 is 32.3 Å². The minimum atomic E-state index is -4.50. The lowest BCUT2D eigenvalue weighted by Gasteiger charge is -2.34. The number of amides is 2. The Hall–Kier alpha value is -4.22. The predicted molar refractivity (Wildman–Crippen MR) is 152 cm³/mol. The van der Waals surface area contributed by atoms with E-state index in [0.717, 1.165) is 11.1 Å².